The summed E-state index contributed by atoms with van der Waals surface area (Å²) in [4.78, 5) is 23.7. The van der Waals surface area contributed by atoms with Crippen molar-refractivity contribution in [1.29, 1.82) is 0 Å². The molecule has 0 radical (unpaired) electrons. The summed E-state index contributed by atoms with van der Waals surface area (Å²) in [5, 5.41) is 0. The van der Waals surface area contributed by atoms with Crippen LogP contribution in [0.5, 0.6) is 0 Å². The fraction of sp³-hybridized carbons (Fsp3) is 0.895. The molecule has 4 nitrogen and oxygen atoms in total. The molecule has 0 aromatic carbocycles. The molecule has 248 valence electrons. The van der Waals surface area contributed by atoms with E-state index >= 15 is 0 Å². The first-order valence-electron chi connectivity index (χ1n) is 18.7. The maximum atomic E-state index is 11.9. The molecule has 0 heterocycles. The van der Waals surface area contributed by atoms with Gasteiger partial charge < -0.3 is 9.47 Å². The molecular formula is C38H72O4. The highest BCUT2D eigenvalue weighted by molar-refractivity contribution is 5.73. The van der Waals surface area contributed by atoms with Crippen molar-refractivity contribution < 1.29 is 19.1 Å². The molecule has 0 saturated heterocycles. The van der Waals surface area contributed by atoms with Crippen molar-refractivity contribution in [2.75, 3.05) is 13.2 Å². The highest BCUT2D eigenvalue weighted by Crippen LogP contribution is 2.14. The number of hydrogen-bond donors (Lipinski definition) is 0. The van der Waals surface area contributed by atoms with Crippen molar-refractivity contribution in [1.82, 2.24) is 0 Å². The molecular weight excluding hydrogens is 520 g/mol. The van der Waals surface area contributed by atoms with Crippen LogP contribution in [0.2, 0.25) is 0 Å². The summed E-state index contributed by atoms with van der Waals surface area (Å²) in [6.07, 6.45) is 40.9. The van der Waals surface area contributed by atoms with Gasteiger partial charge in [0.2, 0.25) is 0 Å². The Balaban J connectivity index is 3.33. The zero-order valence-electron chi connectivity index (χ0n) is 28.4. The lowest BCUT2D eigenvalue weighted by Gasteiger charge is -2.05. The minimum atomic E-state index is -0.211. The predicted octanol–water partition coefficient (Wildman–Crippen LogP) is 12.4. The second kappa shape index (κ2) is 35.9. The van der Waals surface area contributed by atoms with Gasteiger partial charge in [0.1, 0.15) is 0 Å². The summed E-state index contributed by atoms with van der Waals surface area (Å²) in [6.45, 7) is 5.56. The summed E-state index contributed by atoms with van der Waals surface area (Å²) in [5.74, 6) is -0.423. The summed E-state index contributed by atoms with van der Waals surface area (Å²) in [7, 11) is 0. The average Bonchev–Trinajstić information content (AvgIpc) is 2.99. The van der Waals surface area contributed by atoms with Crippen LogP contribution in [0.15, 0.2) is 12.2 Å². The first-order valence-corrected chi connectivity index (χ1v) is 18.7. The molecule has 0 bridgehead atoms. The largest absolute Gasteiger partial charge is 0.465 e. The average molecular weight is 593 g/mol. The van der Waals surface area contributed by atoms with Crippen LogP contribution in [0.25, 0.3) is 0 Å². The number of carbonyl (C=O) groups excluding carboxylic acids is 2. The van der Waals surface area contributed by atoms with Crippen LogP contribution in [-0.4, -0.2) is 25.2 Å². The number of hydrogen-bond acceptors (Lipinski definition) is 4. The zero-order valence-corrected chi connectivity index (χ0v) is 28.4. The highest BCUT2D eigenvalue weighted by atomic mass is 16.5. The molecule has 0 aromatic rings. The van der Waals surface area contributed by atoms with Crippen molar-refractivity contribution in [3.63, 3.8) is 0 Å². The van der Waals surface area contributed by atoms with Gasteiger partial charge in [0, 0.05) is 0 Å². The van der Waals surface area contributed by atoms with E-state index in [1.807, 2.05) is 0 Å². The third kappa shape index (κ3) is 34.9. The van der Waals surface area contributed by atoms with Crippen molar-refractivity contribution in [3.8, 4) is 0 Å². The van der Waals surface area contributed by atoms with Crippen molar-refractivity contribution in [2.45, 2.75) is 206 Å². The Hall–Kier alpha value is -1.32. The van der Waals surface area contributed by atoms with E-state index in [-0.39, 0.29) is 24.8 Å². The molecule has 0 unspecified atom stereocenters. The maximum absolute atomic E-state index is 11.9. The molecule has 0 atom stereocenters. The van der Waals surface area contributed by atoms with E-state index in [0.29, 0.717) is 13.2 Å². The molecule has 0 aliphatic heterocycles. The lowest BCUT2D eigenvalue weighted by atomic mass is 10.0. The van der Waals surface area contributed by atoms with Crippen molar-refractivity contribution in [3.05, 3.63) is 12.2 Å². The molecule has 0 amide bonds. The molecule has 0 aliphatic rings. The SMILES string of the molecule is CCCCCCCCCCCCCCCCOC(=O)CC=CCC(=O)OCCCCCCCCCCCCCCCC. The Morgan fingerprint density at radius 1 is 0.357 bits per heavy atom. The lowest BCUT2D eigenvalue weighted by Crippen LogP contribution is -2.05. The number of carbonyl (C=O) groups is 2. The Labute approximate surface area is 262 Å². The Kier molecular flexibility index (Phi) is 34.7. The molecule has 0 spiro atoms. The van der Waals surface area contributed by atoms with Crippen LogP contribution >= 0.6 is 0 Å². The minimum absolute atomic E-state index is 0.211. The van der Waals surface area contributed by atoms with Crippen molar-refractivity contribution >= 4 is 11.9 Å². The first-order chi connectivity index (χ1) is 20.7. The maximum Gasteiger partial charge on any atom is 0.309 e. The van der Waals surface area contributed by atoms with Gasteiger partial charge in [0.15, 0.2) is 0 Å². The van der Waals surface area contributed by atoms with Crippen molar-refractivity contribution in [2.24, 2.45) is 0 Å². The van der Waals surface area contributed by atoms with Gasteiger partial charge in [0.25, 0.3) is 0 Å². The van der Waals surface area contributed by atoms with E-state index in [2.05, 4.69) is 13.8 Å². The standard InChI is InChI=1S/C38H72O4/c1-3-5-7-9-11-13-15-17-19-21-23-25-27-31-35-41-37(39)33-29-30-34-38(40)42-36-32-28-26-24-22-20-18-16-14-12-10-8-6-4-2/h29-30H,3-28,31-36H2,1-2H3. The van der Waals surface area contributed by atoms with E-state index in [4.69, 9.17) is 9.47 Å². The fourth-order valence-electron chi connectivity index (χ4n) is 5.44. The first kappa shape index (κ1) is 40.7. The number of rotatable bonds is 34. The Morgan fingerprint density at radius 2 is 0.571 bits per heavy atom. The van der Waals surface area contributed by atoms with Gasteiger partial charge >= 0.3 is 11.9 Å². The summed E-state index contributed by atoms with van der Waals surface area (Å²) >= 11 is 0. The number of unbranched alkanes of at least 4 members (excludes halogenated alkanes) is 26. The predicted molar refractivity (Wildman–Crippen MR) is 181 cm³/mol. The summed E-state index contributed by atoms with van der Waals surface area (Å²) in [5.41, 5.74) is 0. The molecule has 0 N–H and O–H groups in total. The minimum Gasteiger partial charge on any atom is -0.465 e. The third-order valence-corrected chi connectivity index (χ3v) is 8.26. The van der Waals surface area contributed by atoms with Crippen LogP contribution in [0.3, 0.4) is 0 Å². The second-order valence-corrected chi connectivity index (χ2v) is 12.5. The second-order valence-electron chi connectivity index (χ2n) is 12.5. The van der Waals surface area contributed by atoms with Crippen LogP contribution in [0.1, 0.15) is 206 Å². The monoisotopic (exact) mass is 593 g/mol. The van der Waals surface area contributed by atoms with Crippen LogP contribution in [-0.2, 0) is 19.1 Å². The molecule has 0 aliphatic carbocycles. The molecule has 0 rings (SSSR count). The van der Waals surface area contributed by atoms with E-state index in [1.165, 1.54) is 154 Å². The van der Waals surface area contributed by atoms with Crippen LogP contribution < -0.4 is 0 Å². The smallest absolute Gasteiger partial charge is 0.309 e. The van der Waals surface area contributed by atoms with Gasteiger partial charge in [-0.05, 0) is 12.8 Å². The van der Waals surface area contributed by atoms with E-state index in [1.54, 1.807) is 12.2 Å². The molecule has 0 saturated carbocycles. The van der Waals surface area contributed by atoms with Gasteiger partial charge in [-0.2, -0.15) is 0 Å². The summed E-state index contributed by atoms with van der Waals surface area (Å²) in [6, 6.07) is 0. The fourth-order valence-corrected chi connectivity index (χ4v) is 5.44. The van der Waals surface area contributed by atoms with Gasteiger partial charge in [0.05, 0.1) is 26.1 Å². The summed E-state index contributed by atoms with van der Waals surface area (Å²) < 4.78 is 10.6. The van der Waals surface area contributed by atoms with E-state index in [9.17, 15) is 9.59 Å². The van der Waals surface area contributed by atoms with Crippen LogP contribution in [0.4, 0.5) is 0 Å². The van der Waals surface area contributed by atoms with E-state index < -0.39 is 0 Å². The Morgan fingerprint density at radius 3 is 0.810 bits per heavy atom. The van der Waals surface area contributed by atoms with Gasteiger partial charge in [-0.1, -0.05) is 193 Å². The number of esters is 2. The zero-order chi connectivity index (χ0) is 30.6. The molecule has 0 aromatic heterocycles. The molecule has 42 heavy (non-hydrogen) atoms. The van der Waals surface area contributed by atoms with Gasteiger partial charge in [-0.25, -0.2) is 0 Å². The molecule has 0 fully saturated rings. The van der Waals surface area contributed by atoms with Crippen LogP contribution in [0, 0.1) is 0 Å². The normalized spacial score (nSPS) is 11.4. The Bertz CT molecular complexity index is 536. The highest BCUT2D eigenvalue weighted by Gasteiger charge is 2.02. The quantitative estimate of drug-likeness (QED) is 0.0423. The number of ether oxygens (including phenoxy) is 2. The lowest BCUT2D eigenvalue weighted by molar-refractivity contribution is -0.144. The van der Waals surface area contributed by atoms with Gasteiger partial charge in [-0.3, -0.25) is 9.59 Å². The third-order valence-electron chi connectivity index (χ3n) is 8.26. The molecule has 4 heteroatoms. The topological polar surface area (TPSA) is 52.6 Å². The van der Waals surface area contributed by atoms with E-state index in [0.717, 1.165) is 25.7 Å². The van der Waals surface area contributed by atoms with Gasteiger partial charge in [-0.15, -0.1) is 0 Å².